The van der Waals surface area contributed by atoms with E-state index in [4.69, 9.17) is 5.53 Å². The lowest BCUT2D eigenvalue weighted by molar-refractivity contribution is 0.407. The molecule has 0 aliphatic heterocycles. The summed E-state index contributed by atoms with van der Waals surface area (Å²) in [6, 6.07) is 0. The molecule has 0 radical (unpaired) electrons. The van der Waals surface area contributed by atoms with E-state index in [9.17, 15) is 0 Å². The van der Waals surface area contributed by atoms with Crippen LogP contribution in [0.15, 0.2) is 17.5 Å². The average Bonchev–Trinajstić information content (AvgIpc) is 2.75. The van der Waals surface area contributed by atoms with Gasteiger partial charge in [0.1, 0.15) is 5.65 Å². The zero-order chi connectivity index (χ0) is 11.8. The fourth-order valence-corrected chi connectivity index (χ4v) is 2.45. The van der Waals surface area contributed by atoms with Crippen molar-refractivity contribution in [2.24, 2.45) is 12.2 Å². The molecule has 0 atom stereocenters. The molecule has 6 heteroatoms. The molecule has 0 amide bonds. The molecule has 2 heterocycles. The van der Waals surface area contributed by atoms with Gasteiger partial charge in [-0.15, -0.1) is 0 Å². The summed E-state index contributed by atoms with van der Waals surface area (Å²) in [6.07, 6.45) is 7.59. The molecule has 0 spiro atoms. The zero-order valence-electron chi connectivity index (χ0n) is 9.74. The molecule has 2 aromatic rings. The van der Waals surface area contributed by atoms with Crippen LogP contribution in [0.25, 0.3) is 16.1 Å². The number of hydrogen-bond acceptors (Lipinski definition) is 2. The molecular formula is C11H14N6. The van der Waals surface area contributed by atoms with Crippen LogP contribution in [0.5, 0.6) is 0 Å². The first kappa shape index (κ1) is 10.2. The highest BCUT2D eigenvalue weighted by atomic mass is 15.3. The number of aromatic nitrogens is 3. The molecule has 0 saturated heterocycles. The Morgan fingerprint density at radius 3 is 3.00 bits per heavy atom. The SMILES string of the molecule is Cn1ccn2nc(C3CCC3)c(CN=[N+]=[N-])c12. The second-order valence-electron chi connectivity index (χ2n) is 4.56. The van der Waals surface area contributed by atoms with Crippen LogP contribution in [0.2, 0.25) is 0 Å². The molecule has 0 aromatic carbocycles. The molecule has 1 aliphatic rings. The third-order valence-electron chi connectivity index (χ3n) is 3.56. The highest BCUT2D eigenvalue weighted by molar-refractivity contribution is 5.52. The number of hydrogen-bond donors (Lipinski definition) is 0. The van der Waals surface area contributed by atoms with Crippen LogP contribution in [-0.4, -0.2) is 14.2 Å². The van der Waals surface area contributed by atoms with E-state index in [-0.39, 0.29) is 0 Å². The summed E-state index contributed by atoms with van der Waals surface area (Å²) < 4.78 is 3.91. The number of rotatable bonds is 3. The summed E-state index contributed by atoms with van der Waals surface area (Å²) in [4.78, 5) is 2.85. The van der Waals surface area contributed by atoms with E-state index in [1.165, 1.54) is 19.3 Å². The Labute approximate surface area is 98.5 Å². The summed E-state index contributed by atoms with van der Waals surface area (Å²) >= 11 is 0. The van der Waals surface area contributed by atoms with Crippen LogP contribution >= 0.6 is 0 Å². The van der Waals surface area contributed by atoms with Gasteiger partial charge < -0.3 is 4.57 Å². The lowest BCUT2D eigenvalue weighted by Gasteiger charge is -2.24. The number of imidazole rings is 1. The van der Waals surface area contributed by atoms with E-state index in [1.807, 2.05) is 28.5 Å². The molecule has 1 fully saturated rings. The second-order valence-corrected chi connectivity index (χ2v) is 4.56. The van der Waals surface area contributed by atoms with E-state index in [0.29, 0.717) is 12.5 Å². The van der Waals surface area contributed by atoms with Gasteiger partial charge in [0.25, 0.3) is 0 Å². The van der Waals surface area contributed by atoms with Crippen molar-refractivity contribution in [3.05, 3.63) is 34.1 Å². The standard InChI is InChI=1S/C11H14N6/c1-16-5-6-17-11(16)9(7-13-15-12)10(14-17)8-3-2-4-8/h5-6,8H,2-4,7H2,1H3. The van der Waals surface area contributed by atoms with Gasteiger partial charge in [0.2, 0.25) is 0 Å². The average molecular weight is 230 g/mol. The molecule has 1 aliphatic carbocycles. The molecule has 2 aromatic heterocycles. The smallest absolute Gasteiger partial charge is 0.139 e. The molecule has 0 unspecified atom stereocenters. The number of aryl methyl sites for hydroxylation is 1. The molecule has 6 nitrogen and oxygen atoms in total. The van der Waals surface area contributed by atoms with E-state index < -0.39 is 0 Å². The van der Waals surface area contributed by atoms with Crippen molar-refractivity contribution in [1.82, 2.24) is 14.2 Å². The van der Waals surface area contributed by atoms with Gasteiger partial charge >= 0.3 is 0 Å². The Morgan fingerprint density at radius 2 is 2.35 bits per heavy atom. The third-order valence-corrected chi connectivity index (χ3v) is 3.56. The van der Waals surface area contributed by atoms with Gasteiger partial charge in [-0.1, -0.05) is 11.5 Å². The molecule has 0 N–H and O–H groups in total. The van der Waals surface area contributed by atoms with Crippen molar-refractivity contribution in [2.75, 3.05) is 0 Å². The predicted octanol–water partition coefficient (Wildman–Crippen LogP) is 2.75. The highest BCUT2D eigenvalue weighted by Crippen LogP contribution is 2.38. The van der Waals surface area contributed by atoms with Crippen molar-refractivity contribution < 1.29 is 0 Å². The fourth-order valence-electron chi connectivity index (χ4n) is 2.45. The third kappa shape index (κ3) is 1.49. The zero-order valence-corrected chi connectivity index (χ0v) is 9.74. The second kappa shape index (κ2) is 3.82. The molecule has 88 valence electrons. The van der Waals surface area contributed by atoms with Crippen molar-refractivity contribution in [3.63, 3.8) is 0 Å². The van der Waals surface area contributed by atoms with Gasteiger partial charge in [0.15, 0.2) is 0 Å². The monoisotopic (exact) mass is 230 g/mol. The van der Waals surface area contributed by atoms with Crippen LogP contribution in [0, 0.1) is 0 Å². The van der Waals surface area contributed by atoms with Crippen LogP contribution in [-0.2, 0) is 13.6 Å². The highest BCUT2D eigenvalue weighted by Gasteiger charge is 2.27. The van der Waals surface area contributed by atoms with Crippen molar-refractivity contribution in [3.8, 4) is 0 Å². The normalized spacial score (nSPS) is 15.8. The van der Waals surface area contributed by atoms with Gasteiger partial charge in [-0.05, 0) is 18.4 Å². The lowest BCUT2D eigenvalue weighted by atomic mass is 9.81. The summed E-state index contributed by atoms with van der Waals surface area (Å²) in [7, 11) is 1.99. The largest absolute Gasteiger partial charge is 0.334 e. The minimum absolute atomic E-state index is 0.393. The summed E-state index contributed by atoms with van der Waals surface area (Å²) in [5.74, 6) is 0.554. The molecule has 3 rings (SSSR count). The minimum atomic E-state index is 0.393. The Bertz CT molecular complexity index is 597. The summed E-state index contributed by atoms with van der Waals surface area (Å²) in [5.41, 5.74) is 11.7. The van der Waals surface area contributed by atoms with Crippen molar-refractivity contribution >= 4 is 5.65 Å². The number of fused-ring (bicyclic) bond motifs is 1. The Kier molecular flexibility index (Phi) is 2.30. The fraction of sp³-hybridized carbons (Fsp3) is 0.545. The first-order valence-electron chi connectivity index (χ1n) is 5.84. The number of azide groups is 1. The van der Waals surface area contributed by atoms with Crippen molar-refractivity contribution in [1.29, 1.82) is 0 Å². The molecule has 1 saturated carbocycles. The topological polar surface area (TPSA) is 71.0 Å². The maximum absolute atomic E-state index is 8.48. The maximum atomic E-state index is 8.48. The Balaban J connectivity index is 2.15. The molecular weight excluding hydrogens is 216 g/mol. The lowest BCUT2D eigenvalue weighted by Crippen LogP contribution is -2.11. The Morgan fingerprint density at radius 1 is 1.53 bits per heavy atom. The first-order chi connectivity index (χ1) is 8.31. The van der Waals surface area contributed by atoms with Crippen LogP contribution in [0.1, 0.15) is 36.4 Å². The van der Waals surface area contributed by atoms with Crippen LogP contribution in [0.3, 0.4) is 0 Å². The summed E-state index contributed by atoms with van der Waals surface area (Å²) in [5, 5.41) is 8.32. The Hall–Kier alpha value is -1.94. The van der Waals surface area contributed by atoms with E-state index in [2.05, 4.69) is 15.1 Å². The van der Waals surface area contributed by atoms with Crippen LogP contribution < -0.4 is 0 Å². The van der Waals surface area contributed by atoms with Crippen molar-refractivity contribution in [2.45, 2.75) is 31.7 Å². The van der Waals surface area contributed by atoms with E-state index in [1.54, 1.807) is 0 Å². The molecule has 17 heavy (non-hydrogen) atoms. The predicted molar refractivity (Wildman–Crippen MR) is 63.6 cm³/mol. The van der Waals surface area contributed by atoms with Gasteiger partial charge in [-0.2, -0.15) is 5.10 Å². The molecule has 0 bridgehead atoms. The van der Waals surface area contributed by atoms with Crippen LogP contribution in [0.4, 0.5) is 0 Å². The van der Waals surface area contributed by atoms with E-state index >= 15 is 0 Å². The van der Waals surface area contributed by atoms with Gasteiger partial charge in [-0.3, -0.25) is 0 Å². The summed E-state index contributed by atoms with van der Waals surface area (Å²) in [6.45, 7) is 0.393. The van der Waals surface area contributed by atoms with Gasteiger partial charge in [0.05, 0.1) is 12.2 Å². The maximum Gasteiger partial charge on any atom is 0.139 e. The number of nitrogens with zero attached hydrogens (tertiary/aromatic N) is 6. The van der Waals surface area contributed by atoms with Gasteiger partial charge in [-0.25, -0.2) is 4.52 Å². The van der Waals surface area contributed by atoms with E-state index in [0.717, 1.165) is 16.9 Å². The minimum Gasteiger partial charge on any atom is -0.334 e. The quantitative estimate of drug-likeness (QED) is 0.454. The van der Waals surface area contributed by atoms with Gasteiger partial charge in [0, 0.05) is 35.8 Å². The first-order valence-corrected chi connectivity index (χ1v) is 5.84.